The van der Waals surface area contributed by atoms with Gasteiger partial charge in [0.1, 0.15) is 11.3 Å². The molecule has 6 heteroatoms. The molecule has 6 nitrogen and oxygen atoms in total. The van der Waals surface area contributed by atoms with Gasteiger partial charge in [0.15, 0.2) is 0 Å². The summed E-state index contributed by atoms with van der Waals surface area (Å²) in [6.07, 6.45) is 2.76. The van der Waals surface area contributed by atoms with Crippen LogP contribution in [-0.2, 0) is 21.3 Å². The first-order valence-corrected chi connectivity index (χ1v) is 17.4. The van der Waals surface area contributed by atoms with E-state index in [4.69, 9.17) is 14.2 Å². The third-order valence-corrected chi connectivity index (χ3v) is 9.33. The second-order valence-electron chi connectivity index (χ2n) is 13.2. The van der Waals surface area contributed by atoms with Gasteiger partial charge < -0.3 is 19.1 Å². The van der Waals surface area contributed by atoms with E-state index in [1.165, 1.54) is 50.1 Å². The van der Waals surface area contributed by atoms with Crippen molar-refractivity contribution in [2.75, 3.05) is 53.7 Å². The number of hydrogen-bond acceptors (Lipinski definition) is 6. The molecule has 0 saturated carbocycles. The molecule has 4 aromatic carbocycles. The maximum Gasteiger partial charge on any atom is 0.341 e. The van der Waals surface area contributed by atoms with Crippen molar-refractivity contribution in [3.05, 3.63) is 123 Å². The molecule has 0 saturated heterocycles. The number of esters is 1. The van der Waals surface area contributed by atoms with Crippen molar-refractivity contribution in [2.24, 2.45) is 0 Å². The zero-order chi connectivity index (χ0) is 34.3. The maximum atomic E-state index is 13.6. The summed E-state index contributed by atoms with van der Waals surface area (Å²) in [5, 5.41) is 3.22. The van der Waals surface area contributed by atoms with Gasteiger partial charge in [0.05, 0.1) is 25.4 Å². The van der Waals surface area contributed by atoms with Crippen LogP contribution in [0.2, 0.25) is 0 Å². The van der Waals surface area contributed by atoms with Crippen LogP contribution < -0.4 is 10.1 Å². The minimum Gasteiger partial charge on any atom is -0.493 e. The van der Waals surface area contributed by atoms with Crippen LogP contribution in [0.3, 0.4) is 0 Å². The lowest BCUT2D eigenvalue weighted by Gasteiger charge is -2.35. The van der Waals surface area contributed by atoms with Crippen molar-refractivity contribution in [1.29, 1.82) is 0 Å². The normalized spacial score (nSPS) is 13.0. The molecule has 48 heavy (non-hydrogen) atoms. The molecule has 0 fully saturated rings. The predicted molar refractivity (Wildman–Crippen MR) is 195 cm³/mol. The van der Waals surface area contributed by atoms with Gasteiger partial charge in [-0.1, -0.05) is 78.7 Å². The van der Waals surface area contributed by atoms with E-state index >= 15 is 0 Å². The van der Waals surface area contributed by atoms with Crippen LogP contribution in [0.15, 0.2) is 72.8 Å². The molecule has 0 aliphatic heterocycles. The molecule has 0 aromatic heterocycles. The number of benzene rings is 4. The lowest BCUT2D eigenvalue weighted by Crippen LogP contribution is -2.29. The Kier molecular flexibility index (Phi) is 11.7. The van der Waals surface area contributed by atoms with Crippen LogP contribution in [0.5, 0.6) is 5.75 Å². The predicted octanol–water partition coefficient (Wildman–Crippen LogP) is 8.00. The monoisotopic (exact) mass is 648 g/mol. The molecule has 5 rings (SSSR count). The summed E-state index contributed by atoms with van der Waals surface area (Å²) in [6.45, 7) is 14.4. The van der Waals surface area contributed by atoms with Crippen molar-refractivity contribution in [1.82, 2.24) is 10.2 Å². The van der Waals surface area contributed by atoms with Gasteiger partial charge in [-0.25, -0.2) is 4.79 Å². The zero-order valence-corrected chi connectivity index (χ0v) is 29.9. The number of aryl methyl sites for hydroxylation is 4. The molecular formula is C42H52N2O4. The molecule has 1 aliphatic carbocycles. The summed E-state index contributed by atoms with van der Waals surface area (Å²) in [6, 6.07) is 26.6. The van der Waals surface area contributed by atoms with Gasteiger partial charge in [-0.3, -0.25) is 5.32 Å². The molecule has 1 aliphatic rings. The third-order valence-electron chi connectivity index (χ3n) is 9.33. The summed E-state index contributed by atoms with van der Waals surface area (Å²) in [5.41, 5.74) is 11.9. The van der Waals surface area contributed by atoms with Gasteiger partial charge in [0.25, 0.3) is 0 Å². The quantitative estimate of drug-likeness (QED) is 0.0665. The van der Waals surface area contributed by atoms with Crippen LogP contribution >= 0.6 is 0 Å². The first kappa shape index (κ1) is 35.3. The first-order valence-electron chi connectivity index (χ1n) is 17.4. The molecule has 0 atom stereocenters. The number of carbonyl (C=O) groups excluding carboxylic acids is 1. The van der Waals surface area contributed by atoms with Gasteiger partial charge in [-0.05, 0) is 124 Å². The first-order chi connectivity index (χ1) is 23.2. The van der Waals surface area contributed by atoms with Crippen molar-refractivity contribution >= 4 is 5.97 Å². The summed E-state index contributed by atoms with van der Waals surface area (Å²) < 4.78 is 17.6. The lowest BCUT2D eigenvalue weighted by molar-refractivity contribution is 0.0521. The van der Waals surface area contributed by atoms with E-state index in [-0.39, 0.29) is 5.97 Å². The minimum atomic E-state index is -0.647. The van der Waals surface area contributed by atoms with Crippen molar-refractivity contribution in [3.63, 3.8) is 0 Å². The second-order valence-corrected chi connectivity index (χ2v) is 13.2. The van der Waals surface area contributed by atoms with E-state index in [9.17, 15) is 4.79 Å². The topological polar surface area (TPSA) is 60.0 Å². The number of ether oxygens (including phenoxy) is 3. The largest absolute Gasteiger partial charge is 0.493 e. The van der Waals surface area contributed by atoms with Crippen molar-refractivity contribution in [3.8, 4) is 16.9 Å². The van der Waals surface area contributed by atoms with Gasteiger partial charge in [-0.15, -0.1) is 0 Å². The molecule has 0 bridgehead atoms. The van der Waals surface area contributed by atoms with E-state index in [1.807, 2.05) is 33.2 Å². The molecule has 0 unspecified atom stereocenters. The highest BCUT2D eigenvalue weighted by Gasteiger charge is 2.47. The summed E-state index contributed by atoms with van der Waals surface area (Å²) in [4.78, 5) is 15.7. The Morgan fingerprint density at radius 3 is 2.08 bits per heavy atom. The van der Waals surface area contributed by atoms with E-state index in [1.54, 1.807) is 0 Å². The van der Waals surface area contributed by atoms with E-state index in [2.05, 4.69) is 98.6 Å². The zero-order valence-electron chi connectivity index (χ0n) is 29.9. The number of fused-ring (bicyclic) bond motifs is 3. The molecule has 0 spiro atoms. The summed E-state index contributed by atoms with van der Waals surface area (Å²) in [5.74, 6) is 0.188. The van der Waals surface area contributed by atoms with Gasteiger partial charge in [0, 0.05) is 13.2 Å². The Hall–Kier alpha value is -3.97. The molecule has 0 amide bonds. The number of carbonyl (C=O) groups is 1. The fourth-order valence-electron chi connectivity index (χ4n) is 6.98. The number of rotatable bonds is 16. The van der Waals surface area contributed by atoms with Crippen molar-refractivity contribution in [2.45, 2.75) is 59.3 Å². The Bertz CT molecular complexity index is 1680. The van der Waals surface area contributed by atoms with E-state index < -0.39 is 5.41 Å². The van der Waals surface area contributed by atoms with Crippen LogP contribution in [0.4, 0.5) is 0 Å². The smallest absolute Gasteiger partial charge is 0.341 e. The lowest BCUT2D eigenvalue weighted by atomic mass is 9.66. The molecule has 0 radical (unpaired) electrons. The van der Waals surface area contributed by atoms with Gasteiger partial charge in [0.2, 0.25) is 0 Å². The fraction of sp³-hybridized carbons (Fsp3) is 0.405. The second kappa shape index (κ2) is 16.0. The minimum absolute atomic E-state index is 0.291. The molecule has 4 aromatic rings. The summed E-state index contributed by atoms with van der Waals surface area (Å²) in [7, 11) is 4.10. The average molecular weight is 649 g/mol. The summed E-state index contributed by atoms with van der Waals surface area (Å²) >= 11 is 0. The van der Waals surface area contributed by atoms with Crippen molar-refractivity contribution < 1.29 is 19.0 Å². The van der Waals surface area contributed by atoms with Crippen LogP contribution in [0.25, 0.3) is 11.1 Å². The molecule has 0 heterocycles. The number of nitrogens with one attached hydrogen (secondary N) is 1. The third kappa shape index (κ3) is 7.36. The SMILES string of the molecule is CCNCOCCCc1ccc(C2(c3ccc(OCCCN(C)C)c(C(=O)OCC)c3)c3cc(C)ccc3-c3ccc(C)cc32)cc1C. The molecule has 254 valence electrons. The fourth-order valence-corrected chi connectivity index (χ4v) is 6.98. The van der Waals surface area contributed by atoms with Crippen LogP contribution in [0, 0.1) is 20.8 Å². The maximum absolute atomic E-state index is 13.6. The Morgan fingerprint density at radius 1 is 0.792 bits per heavy atom. The van der Waals surface area contributed by atoms with Crippen LogP contribution in [0.1, 0.15) is 81.6 Å². The highest BCUT2D eigenvalue weighted by Crippen LogP contribution is 2.57. The highest BCUT2D eigenvalue weighted by atomic mass is 16.5. The Morgan fingerprint density at radius 2 is 1.46 bits per heavy atom. The highest BCUT2D eigenvalue weighted by molar-refractivity contribution is 5.94. The molecular weight excluding hydrogens is 596 g/mol. The van der Waals surface area contributed by atoms with E-state index in [0.717, 1.165) is 44.5 Å². The molecule has 1 N–H and O–H groups in total. The van der Waals surface area contributed by atoms with Gasteiger partial charge in [-0.2, -0.15) is 0 Å². The Balaban J connectivity index is 1.67. The van der Waals surface area contributed by atoms with Crippen LogP contribution in [-0.4, -0.2) is 64.6 Å². The van der Waals surface area contributed by atoms with Gasteiger partial charge >= 0.3 is 5.97 Å². The Labute approximate surface area is 287 Å². The standard InChI is InChI=1S/C42H52N2O4/c1-8-43-28-46-22-10-12-32-15-16-33(26-31(32)5)42(38-24-29(3)13-18-35(38)36-19-14-30(4)25-39(36)42)34-17-20-40(48-23-11-21-44(6)7)37(27-34)41(45)47-9-2/h13-20,24-27,43H,8-12,21-23,28H2,1-7H3. The van der Waals surface area contributed by atoms with E-state index in [0.29, 0.717) is 31.3 Å². The average Bonchev–Trinajstić information content (AvgIpc) is 3.34. The number of hydrogen-bond donors (Lipinski definition) is 1. The number of nitrogens with zero attached hydrogens (tertiary/aromatic N) is 1.